The van der Waals surface area contributed by atoms with Crippen LogP contribution in [-0.4, -0.2) is 24.0 Å². The van der Waals surface area contributed by atoms with Gasteiger partial charge in [-0.3, -0.25) is 4.90 Å². The lowest BCUT2D eigenvalue weighted by molar-refractivity contribution is 0.251. The highest BCUT2D eigenvalue weighted by Gasteiger charge is 2.19. The number of benzene rings is 1. The molecule has 1 unspecified atom stereocenters. The number of hydrogen-bond acceptors (Lipinski definition) is 4. The summed E-state index contributed by atoms with van der Waals surface area (Å²) in [7, 11) is 3.88. The van der Waals surface area contributed by atoms with Crippen molar-refractivity contribution in [1.82, 2.24) is 9.88 Å². The van der Waals surface area contributed by atoms with Crippen LogP contribution in [0.5, 0.6) is 5.75 Å². The van der Waals surface area contributed by atoms with E-state index in [1.165, 1.54) is 15.4 Å². The first kappa shape index (κ1) is 16.0. The van der Waals surface area contributed by atoms with Crippen molar-refractivity contribution < 1.29 is 4.74 Å². The van der Waals surface area contributed by atoms with Crippen molar-refractivity contribution >= 4 is 11.3 Å². The van der Waals surface area contributed by atoms with E-state index in [1.807, 2.05) is 23.5 Å². The molecule has 0 N–H and O–H groups in total. The molecule has 0 fully saturated rings. The van der Waals surface area contributed by atoms with Gasteiger partial charge in [-0.1, -0.05) is 25.1 Å². The summed E-state index contributed by atoms with van der Waals surface area (Å²) in [4.78, 5) is 8.35. The fraction of sp³-hybridized carbons (Fsp3) is 0.471. The third-order valence-electron chi connectivity index (χ3n) is 3.83. The maximum absolute atomic E-state index is 5.44. The lowest BCUT2D eigenvalue weighted by atomic mass is 10.1. The zero-order valence-electron chi connectivity index (χ0n) is 13.5. The molecule has 0 saturated carbocycles. The van der Waals surface area contributed by atoms with Gasteiger partial charge in [0.2, 0.25) is 0 Å². The van der Waals surface area contributed by atoms with Crippen molar-refractivity contribution in [2.24, 2.45) is 0 Å². The molecule has 1 heterocycles. The van der Waals surface area contributed by atoms with Crippen LogP contribution in [0.25, 0.3) is 0 Å². The molecule has 0 radical (unpaired) electrons. The molecule has 0 spiro atoms. The van der Waals surface area contributed by atoms with E-state index in [4.69, 9.17) is 4.74 Å². The Kier molecular flexibility index (Phi) is 5.37. The van der Waals surface area contributed by atoms with E-state index in [9.17, 15) is 0 Å². The van der Waals surface area contributed by atoms with Crippen LogP contribution in [0.15, 0.2) is 24.3 Å². The smallest absolute Gasteiger partial charge is 0.123 e. The van der Waals surface area contributed by atoms with Crippen LogP contribution in [-0.2, 0) is 13.0 Å². The van der Waals surface area contributed by atoms with E-state index in [2.05, 4.69) is 49.8 Å². The average molecular weight is 304 g/mol. The van der Waals surface area contributed by atoms with Crippen LogP contribution < -0.4 is 4.74 Å². The van der Waals surface area contributed by atoms with Crippen molar-refractivity contribution in [2.45, 2.75) is 39.8 Å². The minimum atomic E-state index is 0.354. The minimum Gasteiger partial charge on any atom is -0.496 e. The second kappa shape index (κ2) is 7.05. The second-order valence-electron chi connectivity index (χ2n) is 5.31. The van der Waals surface area contributed by atoms with Crippen LogP contribution in [0.2, 0.25) is 0 Å². The first-order valence-electron chi connectivity index (χ1n) is 7.35. The topological polar surface area (TPSA) is 25.4 Å². The van der Waals surface area contributed by atoms with Crippen LogP contribution in [0, 0.1) is 6.92 Å². The molecule has 1 aromatic carbocycles. The third-order valence-corrected chi connectivity index (χ3v) is 5.30. The molecule has 0 saturated heterocycles. The fourth-order valence-electron chi connectivity index (χ4n) is 2.44. The molecular weight excluding hydrogens is 280 g/mol. The molecule has 0 aliphatic rings. The Balaban J connectivity index is 2.15. The van der Waals surface area contributed by atoms with Gasteiger partial charge in [0.1, 0.15) is 5.75 Å². The molecule has 0 aliphatic carbocycles. The maximum atomic E-state index is 5.44. The van der Waals surface area contributed by atoms with Crippen molar-refractivity contribution in [3.8, 4) is 5.75 Å². The van der Waals surface area contributed by atoms with E-state index < -0.39 is 0 Å². The molecule has 0 aliphatic heterocycles. The molecule has 0 bridgehead atoms. The Bertz CT molecular complexity index is 594. The molecule has 1 aromatic heterocycles. The van der Waals surface area contributed by atoms with E-state index in [0.29, 0.717) is 6.04 Å². The van der Waals surface area contributed by atoms with E-state index in [1.54, 1.807) is 7.11 Å². The number of ether oxygens (including phenoxy) is 1. The standard InChI is InChI=1S/C17H24N2OS/c1-6-16-18-12(2)17(21-16)13(3)19(4)11-14-9-7-8-10-15(14)20-5/h7-10,13H,6,11H2,1-5H3. The normalized spacial score (nSPS) is 12.7. The zero-order chi connectivity index (χ0) is 15.4. The van der Waals surface area contributed by atoms with Gasteiger partial charge in [0.25, 0.3) is 0 Å². The van der Waals surface area contributed by atoms with Crippen LogP contribution in [0.4, 0.5) is 0 Å². The number of hydrogen-bond donors (Lipinski definition) is 0. The van der Waals surface area contributed by atoms with Gasteiger partial charge in [0, 0.05) is 23.0 Å². The summed E-state index contributed by atoms with van der Waals surface area (Å²) in [5.41, 5.74) is 2.38. The predicted octanol–water partition coefficient (Wildman–Crippen LogP) is 4.22. The van der Waals surface area contributed by atoms with Gasteiger partial charge >= 0.3 is 0 Å². The summed E-state index contributed by atoms with van der Waals surface area (Å²) < 4.78 is 5.44. The lowest BCUT2D eigenvalue weighted by Gasteiger charge is -2.25. The molecule has 1 atom stereocenters. The van der Waals surface area contributed by atoms with E-state index >= 15 is 0 Å². The van der Waals surface area contributed by atoms with E-state index in [0.717, 1.165) is 24.4 Å². The molecule has 4 heteroatoms. The number of thiazole rings is 1. The second-order valence-corrected chi connectivity index (χ2v) is 6.43. The summed E-state index contributed by atoms with van der Waals surface area (Å²) in [5.74, 6) is 0.951. The number of rotatable bonds is 6. The highest BCUT2D eigenvalue weighted by Crippen LogP contribution is 2.30. The molecule has 114 valence electrons. The van der Waals surface area contributed by atoms with Crippen LogP contribution >= 0.6 is 11.3 Å². The summed E-state index contributed by atoms with van der Waals surface area (Å²) in [6, 6.07) is 8.56. The molecule has 21 heavy (non-hydrogen) atoms. The van der Waals surface area contributed by atoms with Crippen LogP contribution in [0.3, 0.4) is 0 Å². The number of aryl methyl sites for hydroxylation is 2. The van der Waals surface area contributed by atoms with Gasteiger partial charge in [0.05, 0.1) is 17.8 Å². The molecule has 2 rings (SSSR count). The van der Waals surface area contributed by atoms with Crippen molar-refractivity contribution in [3.63, 3.8) is 0 Å². The van der Waals surface area contributed by atoms with Gasteiger partial charge in [-0.2, -0.15) is 0 Å². The minimum absolute atomic E-state index is 0.354. The van der Waals surface area contributed by atoms with Gasteiger partial charge in [-0.25, -0.2) is 4.98 Å². The Hall–Kier alpha value is -1.39. The molecule has 3 nitrogen and oxygen atoms in total. The van der Waals surface area contributed by atoms with Crippen molar-refractivity contribution in [3.05, 3.63) is 45.4 Å². The monoisotopic (exact) mass is 304 g/mol. The first-order valence-corrected chi connectivity index (χ1v) is 8.16. The lowest BCUT2D eigenvalue weighted by Crippen LogP contribution is -2.22. The van der Waals surface area contributed by atoms with Crippen molar-refractivity contribution in [1.29, 1.82) is 0 Å². The number of nitrogens with zero attached hydrogens (tertiary/aromatic N) is 2. The van der Waals surface area contributed by atoms with Gasteiger partial charge < -0.3 is 4.74 Å². The SMILES string of the molecule is CCc1nc(C)c(C(C)N(C)Cc2ccccc2OC)s1. The van der Waals surface area contributed by atoms with Crippen molar-refractivity contribution in [2.75, 3.05) is 14.2 Å². The highest BCUT2D eigenvalue weighted by molar-refractivity contribution is 7.11. The summed E-state index contributed by atoms with van der Waals surface area (Å²) >= 11 is 1.83. The first-order chi connectivity index (χ1) is 10.1. The highest BCUT2D eigenvalue weighted by atomic mass is 32.1. The summed E-state index contributed by atoms with van der Waals surface area (Å²) in [5, 5.41) is 1.22. The third kappa shape index (κ3) is 3.63. The quantitative estimate of drug-likeness (QED) is 0.799. The Morgan fingerprint density at radius 1 is 1.33 bits per heavy atom. The number of aromatic nitrogens is 1. The van der Waals surface area contributed by atoms with Gasteiger partial charge in [-0.05, 0) is 33.4 Å². The molecule has 0 amide bonds. The molecule has 2 aromatic rings. The fourth-order valence-corrected chi connectivity index (χ4v) is 3.57. The number of para-hydroxylation sites is 1. The zero-order valence-corrected chi connectivity index (χ0v) is 14.3. The number of methoxy groups -OCH3 is 1. The summed E-state index contributed by atoms with van der Waals surface area (Å²) in [6.45, 7) is 7.38. The van der Waals surface area contributed by atoms with E-state index in [-0.39, 0.29) is 0 Å². The largest absolute Gasteiger partial charge is 0.496 e. The maximum Gasteiger partial charge on any atom is 0.123 e. The Morgan fingerprint density at radius 2 is 2.05 bits per heavy atom. The molecular formula is C17H24N2OS. The van der Waals surface area contributed by atoms with Gasteiger partial charge in [0.15, 0.2) is 0 Å². The van der Waals surface area contributed by atoms with Gasteiger partial charge in [-0.15, -0.1) is 11.3 Å². The predicted molar refractivity (Wildman–Crippen MR) is 89.1 cm³/mol. The average Bonchev–Trinajstić information content (AvgIpc) is 2.88. The summed E-state index contributed by atoms with van der Waals surface area (Å²) in [6.07, 6.45) is 1.01. The Labute approximate surface area is 131 Å². The Morgan fingerprint density at radius 3 is 2.67 bits per heavy atom. The van der Waals surface area contributed by atoms with Crippen LogP contribution in [0.1, 0.15) is 41.0 Å².